The van der Waals surface area contributed by atoms with E-state index < -0.39 is 0 Å². The molecule has 0 aliphatic rings. The molecular formula is C12H28NiP+. The van der Waals surface area contributed by atoms with Gasteiger partial charge in [-0.15, -0.1) is 0 Å². The van der Waals surface area contributed by atoms with Gasteiger partial charge in [-0.1, -0.05) is 40.0 Å². The summed E-state index contributed by atoms with van der Waals surface area (Å²) in [6, 6.07) is 0. The summed E-state index contributed by atoms with van der Waals surface area (Å²) in [5.74, 6) is 0. The smallest absolute Gasteiger partial charge is 0.0571 e. The van der Waals surface area contributed by atoms with Crippen molar-refractivity contribution in [3.63, 3.8) is 0 Å². The van der Waals surface area contributed by atoms with Gasteiger partial charge in [0.1, 0.15) is 0 Å². The average Bonchev–Trinajstić information content (AvgIpc) is 2.17. The van der Waals surface area contributed by atoms with Gasteiger partial charge in [-0.25, -0.2) is 0 Å². The molecule has 0 N–H and O–H groups in total. The Kier molecular flexibility index (Phi) is 17.2. The summed E-state index contributed by atoms with van der Waals surface area (Å²) in [4.78, 5) is 0. The number of rotatable bonds is 9. The van der Waals surface area contributed by atoms with Crippen LogP contribution in [-0.2, 0) is 16.5 Å². The maximum Gasteiger partial charge on any atom is 0.0571 e. The van der Waals surface area contributed by atoms with Gasteiger partial charge in [0.25, 0.3) is 0 Å². The first kappa shape index (κ1) is 17.3. The van der Waals surface area contributed by atoms with Crippen LogP contribution in [0, 0.1) is 0 Å². The van der Waals surface area contributed by atoms with E-state index in [1.54, 1.807) is 18.5 Å². The number of hydrogen-bond acceptors (Lipinski definition) is 0. The molecule has 14 heavy (non-hydrogen) atoms. The van der Waals surface area contributed by atoms with Gasteiger partial charge in [0.2, 0.25) is 0 Å². The Morgan fingerprint density at radius 3 is 1.14 bits per heavy atom. The molecule has 0 fully saturated rings. The summed E-state index contributed by atoms with van der Waals surface area (Å²) in [5.41, 5.74) is 0. The summed E-state index contributed by atoms with van der Waals surface area (Å²) >= 11 is 0. The zero-order chi connectivity index (χ0) is 9.94. The van der Waals surface area contributed by atoms with Crippen LogP contribution in [0.3, 0.4) is 0 Å². The fourth-order valence-electron chi connectivity index (χ4n) is 1.66. The van der Waals surface area contributed by atoms with Crippen molar-refractivity contribution in [1.82, 2.24) is 0 Å². The van der Waals surface area contributed by atoms with Crippen LogP contribution < -0.4 is 0 Å². The van der Waals surface area contributed by atoms with E-state index in [2.05, 4.69) is 20.8 Å². The molecule has 0 saturated heterocycles. The van der Waals surface area contributed by atoms with Crippen LogP contribution in [0.1, 0.15) is 59.3 Å². The van der Waals surface area contributed by atoms with Crippen LogP contribution in [0.4, 0.5) is 0 Å². The average molecular weight is 262 g/mol. The zero-order valence-corrected chi connectivity index (χ0v) is 12.2. The van der Waals surface area contributed by atoms with Gasteiger partial charge in [0.15, 0.2) is 0 Å². The van der Waals surface area contributed by atoms with E-state index in [9.17, 15) is 0 Å². The molecule has 0 bridgehead atoms. The molecule has 0 heterocycles. The van der Waals surface area contributed by atoms with Crippen molar-refractivity contribution in [2.24, 2.45) is 0 Å². The Hall–Kier alpha value is 0.924. The molecule has 0 rings (SSSR count). The molecule has 0 spiro atoms. The minimum Gasteiger partial charge on any atom is -0.0652 e. The first-order valence-electron chi connectivity index (χ1n) is 6.18. The van der Waals surface area contributed by atoms with Gasteiger partial charge in [0, 0.05) is 24.4 Å². The van der Waals surface area contributed by atoms with Crippen molar-refractivity contribution in [3.05, 3.63) is 0 Å². The second-order valence-corrected chi connectivity index (χ2v) is 7.06. The Bertz CT molecular complexity index is 77.3. The van der Waals surface area contributed by atoms with E-state index in [0.717, 1.165) is 0 Å². The molecule has 0 aliphatic heterocycles. The third-order valence-corrected chi connectivity index (χ3v) is 5.83. The Balaban J connectivity index is 0. The van der Waals surface area contributed by atoms with Gasteiger partial charge < -0.3 is 0 Å². The third kappa shape index (κ3) is 11.0. The first-order chi connectivity index (χ1) is 6.35. The van der Waals surface area contributed by atoms with Crippen molar-refractivity contribution in [3.8, 4) is 0 Å². The van der Waals surface area contributed by atoms with Gasteiger partial charge in [-0.2, -0.15) is 0 Å². The molecule has 0 aromatic carbocycles. The van der Waals surface area contributed by atoms with Crippen LogP contribution in [0.5, 0.6) is 0 Å². The summed E-state index contributed by atoms with van der Waals surface area (Å²) in [6.45, 7) is 6.96. The summed E-state index contributed by atoms with van der Waals surface area (Å²) in [6.07, 6.45) is 13.4. The Labute approximate surface area is 102 Å². The van der Waals surface area contributed by atoms with E-state index in [1.165, 1.54) is 38.5 Å². The van der Waals surface area contributed by atoms with Crippen LogP contribution in [0.15, 0.2) is 0 Å². The molecule has 0 aromatic rings. The Morgan fingerprint density at radius 2 is 0.929 bits per heavy atom. The monoisotopic (exact) mass is 261 g/mol. The maximum atomic E-state index is 2.32. The molecule has 0 amide bonds. The van der Waals surface area contributed by atoms with E-state index in [0.29, 0.717) is 0 Å². The molecule has 2 heteroatoms. The topological polar surface area (TPSA) is 0 Å². The first-order valence-corrected chi connectivity index (χ1v) is 8.30. The fourth-order valence-corrected chi connectivity index (χ4v) is 4.97. The number of hydrogen-bond donors (Lipinski definition) is 0. The molecule has 0 unspecified atom stereocenters. The standard InChI is InChI=1S/C12H27P.Ni/c1-4-7-10-13(11-8-5-2)12-9-6-3;/h4-12H2,1-3H3;/p+1. The van der Waals surface area contributed by atoms with Gasteiger partial charge in [-0.05, 0) is 19.3 Å². The molecular weight excluding hydrogens is 234 g/mol. The SMILES string of the molecule is CCCC[PH+](CCCC)CCCC.[Ni]. The quantitative estimate of drug-likeness (QED) is 0.420. The molecule has 90 valence electrons. The predicted octanol–water partition coefficient (Wildman–Crippen LogP) is 4.60. The van der Waals surface area contributed by atoms with Gasteiger partial charge >= 0.3 is 0 Å². The summed E-state index contributed by atoms with van der Waals surface area (Å²) in [7, 11) is 0.0675. The Morgan fingerprint density at radius 1 is 0.643 bits per heavy atom. The van der Waals surface area contributed by atoms with E-state index in [4.69, 9.17) is 0 Å². The second kappa shape index (κ2) is 13.9. The largest absolute Gasteiger partial charge is 0.0652 e. The van der Waals surface area contributed by atoms with Crippen molar-refractivity contribution in [2.45, 2.75) is 59.3 Å². The molecule has 0 saturated carbocycles. The minimum absolute atomic E-state index is 0. The molecule has 0 nitrogen and oxygen atoms in total. The van der Waals surface area contributed by atoms with Crippen LogP contribution in [-0.4, -0.2) is 18.5 Å². The van der Waals surface area contributed by atoms with Crippen LogP contribution in [0.25, 0.3) is 0 Å². The summed E-state index contributed by atoms with van der Waals surface area (Å²) < 4.78 is 0. The maximum absolute atomic E-state index is 2.32. The van der Waals surface area contributed by atoms with E-state index in [1.807, 2.05) is 0 Å². The van der Waals surface area contributed by atoms with Crippen LogP contribution in [0.2, 0.25) is 0 Å². The van der Waals surface area contributed by atoms with Crippen molar-refractivity contribution in [2.75, 3.05) is 18.5 Å². The van der Waals surface area contributed by atoms with Crippen molar-refractivity contribution < 1.29 is 16.5 Å². The molecule has 0 atom stereocenters. The molecule has 0 radical (unpaired) electrons. The second-order valence-electron chi connectivity index (χ2n) is 4.06. The predicted molar refractivity (Wildman–Crippen MR) is 67.6 cm³/mol. The van der Waals surface area contributed by atoms with E-state index >= 15 is 0 Å². The molecule has 0 aliphatic carbocycles. The van der Waals surface area contributed by atoms with Gasteiger partial charge in [-0.3, -0.25) is 0 Å². The normalized spacial score (nSPS) is 10.3. The summed E-state index contributed by atoms with van der Waals surface area (Å²) in [5, 5.41) is 0. The van der Waals surface area contributed by atoms with Crippen molar-refractivity contribution >= 4 is 7.92 Å². The number of unbranched alkanes of at least 4 members (excludes halogenated alkanes) is 3. The third-order valence-electron chi connectivity index (χ3n) is 2.65. The fraction of sp³-hybridized carbons (Fsp3) is 1.00. The van der Waals surface area contributed by atoms with E-state index in [-0.39, 0.29) is 24.4 Å². The van der Waals surface area contributed by atoms with Crippen LogP contribution >= 0.6 is 7.92 Å². The van der Waals surface area contributed by atoms with Gasteiger partial charge in [0.05, 0.1) is 18.5 Å². The minimum atomic E-state index is 0. The molecule has 0 aromatic heterocycles. The van der Waals surface area contributed by atoms with Crippen molar-refractivity contribution in [1.29, 1.82) is 0 Å². The zero-order valence-electron chi connectivity index (χ0n) is 10.2.